The van der Waals surface area contributed by atoms with Crippen molar-refractivity contribution in [2.24, 2.45) is 0 Å². The maximum Gasteiger partial charge on any atom is 1.00 e. The number of thioether (sulfide) groups is 1. The zero-order chi connectivity index (χ0) is 25.2. The monoisotopic (exact) mass is 499 g/mol. The van der Waals surface area contributed by atoms with Crippen molar-refractivity contribution in [3.05, 3.63) is 94.5 Å². The topological polar surface area (TPSA) is 98.7 Å². The van der Waals surface area contributed by atoms with E-state index in [-0.39, 0.29) is 25.5 Å². The second kappa shape index (κ2) is 14.9. The van der Waals surface area contributed by atoms with E-state index < -0.39 is 17.9 Å². The van der Waals surface area contributed by atoms with Crippen LogP contribution < -0.4 is 29.3 Å². The molecule has 8 heteroatoms. The van der Waals surface area contributed by atoms with Crippen LogP contribution in [0.25, 0.3) is 11.1 Å². The van der Waals surface area contributed by atoms with Crippen LogP contribution in [0, 0.1) is 6.92 Å². The number of aliphatic hydroxyl groups excluding tert-OH is 1. The SMILES string of the molecule is CSCC[C@H](NC(=O)c1ccc(COCc2ccc(CO)cc2)cc1-c1ccccc1C)C(=O)[O-].[Li+]. The minimum Gasteiger partial charge on any atom is -0.548 e. The van der Waals surface area contributed by atoms with Gasteiger partial charge in [0.2, 0.25) is 0 Å². The van der Waals surface area contributed by atoms with Crippen LogP contribution in [0.4, 0.5) is 0 Å². The molecule has 0 bridgehead atoms. The molecule has 3 rings (SSSR count). The Morgan fingerprint density at radius 1 is 0.972 bits per heavy atom. The van der Waals surface area contributed by atoms with E-state index in [0.717, 1.165) is 33.4 Å². The van der Waals surface area contributed by atoms with E-state index in [2.05, 4.69) is 5.32 Å². The Hall–Kier alpha value is -2.53. The molecular formula is C28H30LiNO5S. The first-order valence-electron chi connectivity index (χ1n) is 11.4. The van der Waals surface area contributed by atoms with Gasteiger partial charge in [-0.2, -0.15) is 11.8 Å². The summed E-state index contributed by atoms with van der Waals surface area (Å²) < 4.78 is 5.89. The van der Waals surface area contributed by atoms with Crippen LogP contribution in [0.15, 0.2) is 66.7 Å². The number of amides is 1. The number of hydrogen-bond acceptors (Lipinski definition) is 6. The minimum absolute atomic E-state index is 0. The standard InChI is InChI=1S/C28H31NO5S.Li/c1-19-5-3-4-6-23(19)25-15-22(18-34-17-21-9-7-20(16-30)8-10-21)11-12-24(25)27(31)29-26(28(32)33)13-14-35-2;/h3-12,15,26,30H,13-14,16-18H2,1-2H3,(H,29,31)(H,32,33);/q;+1/p-1/t26-;/m0./s1. The van der Waals surface area contributed by atoms with Crippen molar-refractivity contribution in [3.8, 4) is 11.1 Å². The molecule has 36 heavy (non-hydrogen) atoms. The summed E-state index contributed by atoms with van der Waals surface area (Å²) in [4.78, 5) is 24.7. The summed E-state index contributed by atoms with van der Waals surface area (Å²) in [5, 5.41) is 23.3. The van der Waals surface area contributed by atoms with Gasteiger partial charge in [-0.15, -0.1) is 0 Å². The van der Waals surface area contributed by atoms with Gasteiger partial charge in [0.05, 0.1) is 31.8 Å². The van der Waals surface area contributed by atoms with Gasteiger partial charge in [0.1, 0.15) is 0 Å². The number of carboxylic acid groups (broad SMARTS) is 1. The van der Waals surface area contributed by atoms with Crippen molar-refractivity contribution in [2.45, 2.75) is 39.2 Å². The van der Waals surface area contributed by atoms with Gasteiger partial charge in [0.25, 0.3) is 5.91 Å². The van der Waals surface area contributed by atoms with Gasteiger partial charge in [-0.25, -0.2) is 0 Å². The molecule has 3 aromatic rings. The average Bonchev–Trinajstić information content (AvgIpc) is 2.87. The molecule has 0 aromatic heterocycles. The first kappa shape index (κ1) is 29.7. The van der Waals surface area contributed by atoms with Gasteiger partial charge in [0.15, 0.2) is 0 Å². The molecule has 1 atom stereocenters. The summed E-state index contributed by atoms with van der Waals surface area (Å²) in [6.07, 6.45) is 2.18. The molecule has 184 valence electrons. The van der Waals surface area contributed by atoms with Crippen molar-refractivity contribution >= 4 is 23.6 Å². The summed E-state index contributed by atoms with van der Waals surface area (Å²) in [7, 11) is 0. The molecular weight excluding hydrogens is 469 g/mol. The average molecular weight is 500 g/mol. The van der Waals surface area contributed by atoms with Crippen LogP contribution in [0.3, 0.4) is 0 Å². The van der Waals surface area contributed by atoms with E-state index in [1.807, 2.05) is 73.8 Å². The fourth-order valence-electron chi connectivity index (χ4n) is 3.73. The largest absolute Gasteiger partial charge is 1.00 e. The number of carbonyl (C=O) groups excluding carboxylic acids is 2. The molecule has 0 unspecified atom stereocenters. The van der Waals surface area contributed by atoms with Crippen molar-refractivity contribution in [2.75, 3.05) is 12.0 Å². The van der Waals surface area contributed by atoms with E-state index in [1.165, 1.54) is 11.8 Å². The first-order valence-corrected chi connectivity index (χ1v) is 12.8. The molecule has 0 saturated carbocycles. The molecule has 3 aromatic carbocycles. The van der Waals surface area contributed by atoms with E-state index in [4.69, 9.17) is 4.74 Å². The Bertz CT molecular complexity index is 1150. The van der Waals surface area contributed by atoms with Gasteiger partial charge in [-0.05, 0) is 70.9 Å². The van der Waals surface area contributed by atoms with Crippen LogP contribution in [-0.4, -0.2) is 35.0 Å². The molecule has 0 aliphatic heterocycles. The van der Waals surface area contributed by atoms with Crippen LogP contribution in [0.5, 0.6) is 0 Å². The van der Waals surface area contributed by atoms with Gasteiger partial charge >= 0.3 is 18.9 Å². The van der Waals surface area contributed by atoms with Crippen LogP contribution in [-0.2, 0) is 29.4 Å². The third-order valence-electron chi connectivity index (χ3n) is 5.71. The number of benzene rings is 3. The Kier molecular flexibility index (Phi) is 12.3. The van der Waals surface area contributed by atoms with Crippen LogP contribution in [0.2, 0.25) is 0 Å². The third-order valence-corrected chi connectivity index (χ3v) is 6.35. The molecule has 0 aliphatic rings. The molecule has 0 saturated heterocycles. The molecule has 2 N–H and O–H groups in total. The Balaban J connectivity index is 0.00000456. The second-order valence-electron chi connectivity index (χ2n) is 8.29. The summed E-state index contributed by atoms with van der Waals surface area (Å²) >= 11 is 1.51. The molecule has 0 aliphatic carbocycles. The summed E-state index contributed by atoms with van der Waals surface area (Å²) in [5.74, 6) is -1.14. The maximum atomic E-state index is 13.1. The zero-order valence-electron chi connectivity index (χ0n) is 21.0. The van der Waals surface area contributed by atoms with E-state index in [0.29, 0.717) is 31.0 Å². The fourth-order valence-corrected chi connectivity index (χ4v) is 4.20. The van der Waals surface area contributed by atoms with E-state index in [1.54, 1.807) is 6.07 Å². The number of nitrogens with one attached hydrogen (secondary N) is 1. The zero-order valence-corrected chi connectivity index (χ0v) is 21.8. The normalized spacial score (nSPS) is 11.4. The minimum atomic E-state index is -1.29. The Labute approximate surface area is 228 Å². The second-order valence-corrected chi connectivity index (χ2v) is 9.27. The fraction of sp³-hybridized carbons (Fsp3) is 0.286. The third kappa shape index (κ3) is 8.26. The number of carbonyl (C=O) groups is 2. The molecule has 0 spiro atoms. The summed E-state index contributed by atoms with van der Waals surface area (Å²) in [5.41, 5.74) is 5.76. The van der Waals surface area contributed by atoms with E-state index in [9.17, 15) is 19.8 Å². The molecule has 0 radical (unpaired) electrons. The first-order chi connectivity index (χ1) is 16.9. The van der Waals surface area contributed by atoms with Gasteiger partial charge in [0, 0.05) is 5.56 Å². The quantitative estimate of drug-likeness (QED) is 0.352. The summed E-state index contributed by atoms with van der Waals surface area (Å²) in [6, 6.07) is 19.7. The number of ether oxygens (including phenoxy) is 1. The summed E-state index contributed by atoms with van der Waals surface area (Å²) in [6.45, 7) is 2.73. The number of hydrogen-bond donors (Lipinski definition) is 2. The number of aliphatic carboxylic acids is 1. The van der Waals surface area contributed by atoms with E-state index >= 15 is 0 Å². The molecule has 0 fully saturated rings. The van der Waals surface area contributed by atoms with Crippen molar-refractivity contribution in [1.82, 2.24) is 5.32 Å². The Morgan fingerprint density at radius 3 is 2.25 bits per heavy atom. The number of aryl methyl sites for hydroxylation is 1. The van der Waals surface area contributed by atoms with Gasteiger partial charge in [-0.1, -0.05) is 54.6 Å². The number of carboxylic acids is 1. The van der Waals surface area contributed by atoms with Crippen molar-refractivity contribution in [3.63, 3.8) is 0 Å². The number of aliphatic hydroxyl groups is 1. The molecule has 6 nitrogen and oxygen atoms in total. The van der Waals surface area contributed by atoms with Gasteiger partial charge < -0.3 is 25.1 Å². The van der Waals surface area contributed by atoms with Crippen LogP contribution >= 0.6 is 11.8 Å². The molecule has 1 amide bonds. The predicted octanol–water partition coefficient (Wildman–Crippen LogP) is 0.477. The van der Waals surface area contributed by atoms with Crippen LogP contribution in [0.1, 0.15) is 39.0 Å². The molecule has 0 heterocycles. The van der Waals surface area contributed by atoms with Gasteiger partial charge in [-0.3, -0.25) is 4.79 Å². The maximum absolute atomic E-state index is 13.1. The number of rotatable bonds is 12. The smallest absolute Gasteiger partial charge is 0.548 e. The Morgan fingerprint density at radius 2 is 1.61 bits per heavy atom. The van der Waals surface area contributed by atoms with Crippen molar-refractivity contribution < 1.29 is 43.4 Å². The van der Waals surface area contributed by atoms with Crippen molar-refractivity contribution in [1.29, 1.82) is 0 Å². The predicted molar refractivity (Wildman–Crippen MR) is 137 cm³/mol.